The van der Waals surface area contributed by atoms with Crippen LogP contribution in [0.25, 0.3) is 11.1 Å². The van der Waals surface area contributed by atoms with Crippen molar-refractivity contribution in [2.24, 2.45) is 0 Å². The fourth-order valence-electron chi connectivity index (χ4n) is 3.67. The lowest BCUT2D eigenvalue weighted by Crippen LogP contribution is -2.78. The molecule has 6 heteroatoms. The Kier molecular flexibility index (Phi) is 3.62. The van der Waals surface area contributed by atoms with E-state index in [1.165, 1.54) is 10.6 Å². The molecule has 2 aliphatic heterocycles. The highest BCUT2D eigenvalue weighted by Crippen LogP contribution is 2.40. The van der Waals surface area contributed by atoms with Gasteiger partial charge in [0.2, 0.25) is 0 Å². The Morgan fingerprint density at radius 3 is 2.58 bits per heavy atom. The van der Waals surface area contributed by atoms with Crippen LogP contribution in [-0.4, -0.2) is 30.8 Å². The van der Waals surface area contributed by atoms with Gasteiger partial charge in [-0.1, -0.05) is 23.7 Å². The lowest BCUT2D eigenvalue weighted by molar-refractivity contribution is -0.493. The maximum Gasteiger partial charge on any atom is 0.191 e. The number of fused-ring (bicyclic) bond motifs is 3. The highest BCUT2D eigenvalue weighted by Gasteiger charge is 2.37. The number of hydrogen-bond donors (Lipinski definition) is 1. The summed E-state index contributed by atoms with van der Waals surface area (Å²) in [6.07, 6.45) is 0.814. The van der Waals surface area contributed by atoms with Gasteiger partial charge in [0.1, 0.15) is 17.5 Å². The van der Waals surface area contributed by atoms with Crippen LogP contribution in [0, 0.1) is 4.91 Å². The van der Waals surface area contributed by atoms with Crippen molar-refractivity contribution in [3.63, 3.8) is 0 Å². The minimum atomic E-state index is 0.0109. The maximum atomic E-state index is 12.4. The molecule has 5 nitrogen and oxygen atoms in total. The molecule has 0 fully saturated rings. The van der Waals surface area contributed by atoms with Crippen molar-refractivity contribution >= 4 is 23.1 Å². The van der Waals surface area contributed by atoms with Gasteiger partial charge in [-0.15, -0.1) is 5.01 Å². The van der Waals surface area contributed by atoms with E-state index >= 15 is 0 Å². The van der Waals surface area contributed by atoms with Gasteiger partial charge in [-0.05, 0) is 53.9 Å². The van der Waals surface area contributed by atoms with Crippen molar-refractivity contribution in [1.82, 2.24) is 4.90 Å². The summed E-state index contributed by atoms with van der Waals surface area (Å²) >= 11 is 6.01. The van der Waals surface area contributed by atoms with E-state index in [0.29, 0.717) is 16.3 Å². The summed E-state index contributed by atoms with van der Waals surface area (Å²) < 4.78 is 0. The SMILES string of the molecule is CN1CCc2c(c(-c3ccc(Cl)cc3)cc3c2C(=O)CN3[NH+]=O)C1. The molecule has 0 amide bonds. The first kappa shape index (κ1) is 15.3. The van der Waals surface area contributed by atoms with Crippen LogP contribution in [0.15, 0.2) is 30.3 Å². The van der Waals surface area contributed by atoms with E-state index in [1.54, 1.807) is 0 Å². The number of carbonyl (C=O) groups excluding carboxylic acids is 1. The standard InChI is InChI=1S/C18H16ClN3O2/c1-21-7-6-13-15(9-21)14(11-2-4-12(19)5-3-11)8-16-18(13)17(23)10-22(16)20-24/h2-5,8H,6-7,9-10H2,1H3/p+1. The average molecular weight is 343 g/mol. The molecule has 0 aliphatic carbocycles. The van der Waals surface area contributed by atoms with Gasteiger partial charge in [-0.3, -0.25) is 4.79 Å². The molecular formula is C18H17ClN3O2+. The lowest BCUT2D eigenvalue weighted by Gasteiger charge is -2.28. The van der Waals surface area contributed by atoms with E-state index in [1.807, 2.05) is 35.6 Å². The maximum absolute atomic E-state index is 12.4. The second kappa shape index (κ2) is 5.69. The zero-order chi connectivity index (χ0) is 16.8. The average Bonchev–Trinajstić information content (AvgIpc) is 2.91. The van der Waals surface area contributed by atoms with E-state index in [-0.39, 0.29) is 12.3 Å². The van der Waals surface area contributed by atoms with Crippen molar-refractivity contribution in [2.45, 2.75) is 13.0 Å². The number of halogens is 1. The van der Waals surface area contributed by atoms with Crippen LogP contribution in [0.5, 0.6) is 0 Å². The van der Waals surface area contributed by atoms with Crippen LogP contribution >= 0.6 is 11.6 Å². The molecule has 122 valence electrons. The van der Waals surface area contributed by atoms with Crippen LogP contribution in [0.2, 0.25) is 5.02 Å². The quantitative estimate of drug-likeness (QED) is 0.903. The van der Waals surface area contributed by atoms with Crippen LogP contribution in [-0.2, 0) is 13.0 Å². The minimum Gasteiger partial charge on any atom is -0.302 e. The molecule has 4 rings (SSSR count). The Balaban J connectivity index is 1.98. The van der Waals surface area contributed by atoms with Crippen molar-refractivity contribution < 1.29 is 10.1 Å². The number of hydrogen-bond acceptors (Lipinski definition) is 3. The van der Waals surface area contributed by atoms with Crippen molar-refractivity contribution in [3.8, 4) is 11.1 Å². The van der Waals surface area contributed by atoms with Crippen molar-refractivity contribution in [2.75, 3.05) is 25.1 Å². The number of ketones is 1. The molecule has 2 aliphatic rings. The summed E-state index contributed by atoms with van der Waals surface area (Å²) in [5.74, 6) is 0.0109. The predicted octanol–water partition coefficient (Wildman–Crippen LogP) is 1.76. The number of anilines is 1. The third-order valence-electron chi connectivity index (χ3n) is 4.84. The van der Waals surface area contributed by atoms with Crippen LogP contribution in [0.1, 0.15) is 21.5 Å². The third-order valence-corrected chi connectivity index (χ3v) is 5.09. The van der Waals surface area contributed by atoms with Gasteiger partial charge in [-0.25, -0.2) is 0 Å². The topological polar surface area (TPSA) is 54.6 Å². The van der Waals surface area contributed by atoms with Crippen LogP contribution < -0.4 is 10.3 Å². The summed E-state index contributed by atoms with van der Waals surface area (Å²) in [4.78, 5) is 25.9. The van der Waals surface area contributed by atoms with Gasteiger partial charge in [-0.2, -0.15) is 0 Å². The van der Waals surface area contributed by atoms with E-state index in [9.17, 15) is 9.70 Å². The minimum absolute atomic E-state index is 0.0109. The molecule has 2 aromatic carbocycles. The number of nitrogens with zero attached hydrogens (tertiary/aromatic N) is 2. The second-order valence-corrected chi connectivity index (χ2v) is 6.81. The molecular weight excluding hydrogens is 326 g/mol. The smallest absolute Gasteiger partial charge is 0.191 e. The Hall–Kier alpha value is -2.24. The van der Waals surface area contributed by atoms with Gasteiger partial charge in [0.05, 0.1) is 5.56 Å². The first-order valence-corrected chi connectivity index (χ1v) is 8.28. The number of likely N-dealkylation sites (N-methyl/N-ethyl adjacent to an activating group) is 1. The van der Waals surface area contributed by atoms with Crippen LogP contribution in [0.3, 0.4) is 0 Å². The summed E-state index contributed by atoms with van der Waals surface area (Å²) in [5, 5.41) is 3.95. The Morgan fingerprint density at radius 1 is 1.12 bits per heavy atom. The van der Waals surface area contributed by atoms with Gasteiger partial charge in [0.15, 0.2) is 5.78 Å². The molecule has 24 heavy (non-hydrogen) atoms. The van der Waals surface area contributed by atoms with E-state index in [4.69, 9.17) is 11.6 Å². The Morgan fingerprint density at radius 2 is 1.88 bits per heavy atom. The zero-order valence-corrected chi connectivity index (χ0v) is 14.1. The third kappa shape index (κ3) is 2.32. The Labute approximate surface area is 144 Å². The summed E-state index contributed by atoms with van der Waals surface area (Å²) in [6, 6.07) is 9.62. The number of benzene rings is 2. The zero-order valence-electron chi connectivity index (χ0n) is 13.3. The first-order chi connectivity index (χ1) is 11.6. The fraction of sp³-hybridized carbons (Fsp3) is 0.278. The second-order valence-electron chi connectivity index (χ2n) is 6.37. The molecule has 0 spiro atoms. The van der Waals surface area contributed by atoms with Gasteiger partial charge in [0, 0.05) is 23.0 Å². The lowest BCUT2D eigenvalue weighted by atomic mass is 9.86. The highest BCUT2D eigenvalue weighted by atomic mass is 35.5. The predicted molar refractivity (Wildman–Crippen MR) is 92.9 cm³/mol. The summed E-state index contributed by atoms with van der Waals surface area (Å²) in [7, 11) is 2.08. The monoisotopic (exact) mass is 342 g/mol. The van der Waals surface area contributed by atoms with E-state index in [2.05, 4.69) is 11.9 Å². The molecule has 0 saturated carbocycles. The number of nitroso groups, excluding NO2 is 1. The molecule has 1 N–H and O–H groups in total. The first-order valence-electron chi connectivity index (χ1n) is 7.90. The largest absolute Gasteiger partial charge is 0.302 e. The molecule has 2 heterocycles. The van der Waals surface area contributed by atoms with Gasteiger partial charge in [0.25, 0.3) is 0 Å². The normalized spacial score (nSPS) is 16.9. The van der Waals surface area contributed by atoms with Crippen molar-refractivity contribution in [3.05, 3.63) is 57.0 Å². The Bertz CT molecular complexity index is 848. The van der Waals surface area contributed by atoms with Gasteiger partial charge >= 0.3 is 0 Å². The molecule has 0 aromatic heterocycles. The van der Waals surface area contributed by atoms with E-state index in [0.717, 1.165) is 36.2 Å². The highest BCUT2D eigenvalue weighted by molar-refractivity contribution is 6.30. The number of nitrogens with one attached hydrogen (secondary N) is 1. The van der Waals surface area contributed by atoms with Crippen molar-refractivity contribution in [1.29, 1.82) is 0 Å². The molecule has 2 aromatic rings. The number of carbonyl (C=O) groups is 1. The van der Waals surface area contributed by atoms with E-state index < -0.39 is 0 Å². The molecule has 0 atom stereocenters. The summed E-state index contributed by atoms with van der Waals surface area (Å²) in [5.41, 5.74) is 5.74. The molecule has 0 unspecified atom stereocenters. The fourth-order valence-corrected chi connectivity index (χ4v) is 3.80. The number of rotatable bonds is 2. The number of Topliss-reactive ketones (excluding diaryl/α,β-unsaturated/α-hetero) is 1. The molecule has 0 saturated heterocycles. The van der Waals surface area contributed by atoms with Crippen LogP contribution in [0.4, 0.5) is 5.69 Å². The molecule has 0 radical (unpaired) electrons. The molecule has 0 bridgehead atoms. The number of hydrazine groups is 1. The van der Waals surface area contributed by atoms with Gasteiger partial charge < -0.3 is 4.90 Å². The summed E-state index contributed by atoms with van der Waals surface area (Å²) in [6.45, 7) is 1.78.